The first kappa shape index (κ1) is 41.2. The topological polar surface area (TPSA) is 63.4 Å². The fourth-order valence-electron chi connectivity index (χ4n) is 8.06. The number of nitrogens with zero attached hydrogens (tertiary/aromatic N) is 5. The van der Waals surface area contributed by atoms with Gasteiger partial charge < -0.3 is 0 Å². The molecule has 0 aliphatic rings. The largest absolute Gasteiger partial charge is 0.233 e. The van der Waals surface area contributed by atoms with Crippen molar-refractivity contribution in [1.82, 2.24) is 15.0 Å². The molecule has 9 aromatic rings. The molecule has 1 aromatic heterocycles. The summed E-state index contributed by atoms with van der Waals surface area (Å²) in [7, 11) is 0. The number of aliphatic imine (C=N–C) groups is 2. The molecule has 0 N–H and O–H groups in total. The van der Waals surface area contributed by atoms with Crippen molar-refractivity contribution in [1.29, 1.82) is 0 Å². The molecule has 0 saturated heterocycles. The Morgan fingerprint density at radius 3 is 1.39 bits per heavy atom. The van der Waals surface area contributed by atoms with Crippen LogP contribution in [-0.4, -0.2) is 26.5 Å². The van der Waals surface area contributed by atoms with Gasteiger partial charge in [-0.25, -0.2) is 24.9 Å². The molecule has 9 rings (SSSR count). The first-order chi connectivity index (χ1) is 31.5. The maximum Gasteiger partial charge on any atom is 0.164 e. The molecule has 8 aromatic carbocycles. The Balaban J connectivity index is 1.07. The van der Waals surface area contributed by atoms with Crippen LogP contribution in [0.2, 0.25) is 0 Å². The number of allylic oxidation sites excluding steroid dienone is 1. The summed E-state index contributed by atoms with van der Waals surface area (Å²) in [5.74, 6) is 2.59. The lowest BCUT2D eigenvalue weighted by Gasteiger charge is -2.18. The van der Waals surface area contributed by atoms with Crippen molar-refractivity contribution in [2.75, 3.05) is 0 Å². The minimum atomic E-state index is 0.629. The van der Waals surface area contributed by atoms with Crippen LogP contribution in [0.5, 0.6) is 0 Å². The zero-order valence-corrected chi connectivity index (χ0v) is 36.2. The second-order valence-corrected chi connectivity index (χ2v) is 15.5. The maximum absolute atomic E-state index is 5.30. The van der Waals surface area contributed by atoms with E-state index in [0.29, 0.717) is 23.3 Å². The lowest BCUT2D eigenvalue weighted by Crippen LogP contribution is -2.06. The molecule has 0 atom stereocenters. The predicted octanol–water partition coefficient (Wildman–Crippen LogP) is 14.9. The van der Waals surface area contributed by atoms with Gasteiger partial charge in [-0.05, 0) is 64.8 Å². The van der Waals surface area contributed by atoms with Crippen LogP contribution >= 0.6 is 0 Å². The third-order valence-corrected chi connectivity index (χ3v) is 11.3. The van der Waals surface area contributed by atoms with Crippen LogP contribution < -0.4 is 0 Å². The molecule has 0 bridgehead atoms. The van der Waals surface area contributed by atoms with Gasteiger partial charge in [0.05, 0.1) is 5.70 Å². The Bertz CT molecular complexity index is 3060. The Morgan fingerprint density at radius 1 is 0.406 bits per heavy atom. The number of hydrogen-bond acceptors (Lipinski definition) is 4. The molecule has 0 saturated carbocycles. The first-order valence-electron chi connectivity index (χ1n) is 21.8. The molecule has 0 spiro atoms. The van der Waals surface area contributed by atoms with Gasteiger partial charge in [0.2, 0.25) is 0 Å². The lowest BCUT2D eigenvalue weighted by atomic mass is 9.87. The summed E-state index contributed by atoms with van der Waals surface area (Å²) < 4.78 is 0. The van der Waals surface area contributed by atoms with E-state index in [9.17, 15) is 0 Å². The lowest BCUT2D eigenvalue weighted by molar-refractivity contribution is 1.07. The summed E-state index contributed by atoms with van der Waals surface area (Å²) in [4.78, 5) is 25.3. The number of amidine groups is 1. The average molecular weight is 826 g/mol. The number of aromatic nitrogens is 3. The second-order valence-electron chi connectivity index (χ2n) is 15.5. The van der Waals surface area contributed by atoms with Gasteiger partial charge in [-0.2, -0.15) is 0 Å². The molecule has 308 valence electrons. The zero-order valence-electron chi connectivity index (χ0n) is 36.2. The van der Waals surface area contributed by atoms with Crippen molar-refractivity contribution in [2.45, 2.75) is 27.2 Å². The van der Waals surface area contributed by atoms with Crippen molar-refractivity contribution >= 4 is 17.2 Å². The van der Waals surface area contributed by atoms with E-state index in [4.69, 9.17) is 24.9 Å². The highest BCUT2D eigenvalue weighted by atomic mass is 15.0. The molecule has 0 aliphatic carbocycles. The SMILES string of the molecule is CC/C=C(/N=C(N=C(C)c1ccccc1-c1cccc(-c2ccccc2-c2ccc(-c3nc(-c4ccccc4)nc(-c4ccccc4)n3)cc2)c1C)c1ccccc1)c1ccccc1. The van der Waals surface area contributed by atoms with Crippen LogP contribution in [-0.2, 0) is 0 Å². The number of rotatable bonds is 11. The van der Waals surface area contributed by atoms with E-state index < -0.39 is 0 Å². The van der Waals surface area contributed by atoms with Gasteiger partial charge in [0, 0.05) is 33.5 Å². The van der Waals surface area contributed by atoms with Crippen LogP contribution in [0.25, 0.3) is 73.2 Å². The maximum atomic E-state index is 5.30. The minimum absolute atomic E-state index is 0.629. The Morgan fingerprint density at radius 2 is 0.828 bits per heavy atom. The summed E-state index contributed by atoms with van der Waals surface area (Å²) in [6.07, 6.45) is 3.02. The van der Waals surface area contributed by atoms with Crippen molar-refractivity contribution in [3.63, 3.8) is 0 Å². The van der Waals surface area contributed by atoms with Crippen LogP contribution in [0.4, 0.5) is 0 Å². The van der Waals surface area contributed by atoms with E-state index in [1.54, 1.807) is 0 Å². The van der Waals surface area contributed by atoms with Crippen molar-refractivity contribution in [2.24, 2.45) is 9.98 Å². The van der Waals surface area contributed by atoms with E-state index in [0.717, 1.165) is 79.0 Å². The summed E-state index contributed by atoms with van der Waals surface area (Å²) in [5, 5.41) is 0. The molecule has 0 unspecified atom stereocenters. The third-order valence-electron chi connectivity index (χ3n) is 11.3. The molecular weight excluding hydrogens is 779 g/mol. The summed E-state index contributed by atoms with van der Waals surface area (Å²) >= 11 is 0. The van der Waals surface area contributed by atoms with Gasteiger partial charge in [0.15, 0.2) is 23.3 Å². The van der Waals surface area contributed by atoms with Crippen LogP contribution in [0.1, 0.15) is 42.5 Å². The highest BCUT2D eigenvalue weighted by Gasteiger charge is 2.18. The number of hydrogen-bond donors (Lipinski definition) is 0. The van der Waals surface area contributed by atoms with Crippen LogP contribution in [0.3, 0.4) is 0 Å². The van der Waals surface area contributed by atoms with Gasteiger partial charge in [0.25, 0.3) is 0 Å². The molecular formula is C59H47N5. The average Bonchev–Trinajstić information content (AvgIpc) is 3.37. The second kappa shape index (κ2) is 19.3. The Labute approximate surface area is 376 Å². The standard InChI is InChI=1S/C59H47N5/c1-4-22-55(44-23-9-5-10-24-44)61-56(45-25-11-6-12-26-45)60-42(3)51-31-17-19-33-53(51)49-35-21-36-50(41(49)2)54-34-20-18-32-52(54)43-37-39-48(40-38-43)59-63-57(46-27-13-7-14-28-46)62-58(64-59)47-29-15-8-16-30-47/h5-40H,4H2,1-3H3/b55-22+,60-42?,61-56?. The third kappa shape index (κ3) is 9.06. The zero-order chi connectivity index (χ0) is 43.7. The first-order valence-corrected chi connectivity index (χ1v) is 21.8. The minimum Gasteiger partial charge on any atom is -0.233 e. The molecule has 64 heavy (non-hydrogen) atoms. The fraction of sp³-hybridized carbons (Fsp3) is 0.0678. The summed E-state index contributed by atoms with van der Waals surface area (Å²) in [5.41, 5.74) is 15.7. The monoisotopic (exact) mass is 825 g/mol. The van der Waals surface area contributed by atoms with Gasteiger partial charge in [-0.3, -0.25) is 0 Å². The Kier molecular flexibility index (Phi) is 12.4. The van der Waals surface area contributed by atoms with E-state index in [-0.39, 0.29) is 0 Å². The normalized spacial score (nSPS) is 12.0. The molecule has 0 fully saturated rings. The number of benzene rings is 8. The summed E-state index contributed by atoms with van der Waals surface area (Å²) in [6, 6.07) is 73.1. The fourth-order valence-corrected chi connectivity index (χ4v) is 8.06. The van der Waals surface area contributed by atoms with Gasteiger partial charge in [-0.15, -0.1) is 0 Å². The molecule has 0 radical (unpaired) electrons. The highest BCUT2D eigenvalue weighted by Crippen LogP contribution is 2.39. The Hall–Kier alpha value is -8.15. The molecule has 0 amide bonds. The molecule has 1 heterocycles. The summed E-state index contributed by atoms with van der Waals surface area (Å²) in [6.45, 7) is 6.45. The van der Waals surface area contributed by atoms with Crippen LogP contribution in [0, 0.1) is 6.92 Å². The van der Waals surface area contributed by atoms with Gasteiger partial charge in [0.1, 0.15) is 0 Å². The van der Waals surface area contributed by atoms with Gasteiger partial charge >= 0.3 is 0 Å². The van der Waals surface area contributed by atoms with E-state index in [2.05, 4.69) is 142 Å². The van der Waals surface area contributed by atoms with Crippen molar-refractivity contribution in [3.05, 3.63) is 241 Å². The predicted molar refractivity (Wildman–Crippen MR) is 267 cm³/mol. The quantitative estimate of drug-likeness (QED) is 0.0964. The van der Waals surface area contributed by atoms with Crippen molar-refractivity contribution in [3.8, 4) is 67.5 Å². The molecule has 5 nitrogen and oxygen atoms in total. The van der Waals surface area contributed by atoms with Crippen molar-refractivity contribution < 1.29 is 0 Å². The highest BCUT2D eigenvalue weighted by molar-refractivity contribution is 6.15. The van der Waals surface area contributed by atoms with Gasteiger partial charge in [-0.1, -0.05) is 225 Å². The van der Waals surface area contributed by atoms with E-state index >= 15 is 0 Å². The van der Waals surface area contributed by atoms with E-state index in [1.807, 2.05) is 97.1 Å². The molecule has 0 aliphatic heterocycles. The van der Waals surface area contributed by atoms with Crippen LogP contribution in [0.15, 0.2) is 228 Å². The smallest absolute Gasteiger partial charge is 0.164 e. The molecule has 5 heteroatoms. The van der Waals surface area contributed by atoms with E-state index in [1.165, 1.54) is 11.1 Å².